The normalized spacial score (nSPS) is 16.0. The van der Waals surface area contributed by atoms with Gasteiger partial charge in [-0.15, -0.1) is 0 Å². The molecule has 0 bridgehead atoms. The van der Waals surface area contributed by atoms with E-state index in [1.165, 1.54) is 24.3 Å². The summed E-state index contributed by atoms with van der Waals surface area (Å²) in [6.07, 6.45) is 12.6. The summed E-state index contributed by atoms with van der Waals surface area (Å²) in [5.41, 5.74) is 0. The summed E-state index contributed by atoms with van der Waals surface area (Å²) >= 11 is -4.01. The molecule has 0 amide bonds. The van der Waals surface area contributed by atoms with Gasteiger partial charge < -0.3 is 0 Å². The van der Waals surface area contributed by atoms with Crippen LogP contribution in [0.15, 0.2) is 80.6 Å². The van der Waals surface area contributed by atoms with E-state index in [4.69, 9.17) is 0 Å². The van der Waals surface area contributed by atoms with Gasteiger partial charge in [0.2, 0.25) is 0 Å². The molecule has 136 valence electrons. The number of allylic oxidation sites excluding steroid dienone is 8. The monoisotopic (exact) mass is 404 g/mol. The third kappa shape index (κ3) is 2.97. The van der Waals surface area contributed by atoms with E-state index in [9.17, 15) is 8.78 Å². The summed E-state index contributed by atoms with van der Waals surface area (Å²) in [7, 11) is 0. The predicted octanol–water partition coefficient (Wildman–Crippen LogP) is 5.04. The van der Waals surface area contributed by atoms with E-state index in [1.54, 1.807) is 0 Å². The standard InChI is InChI=1S/2C6H3F2.2C5H5.Ti/c2*7-5-2-1-3-6(8)4-5;2*1-2-4-5-3-1;/h2*1-2,4H;2*1-3H,4H2;. The van der Waals surface area contributed by atoms with Crippen LogP contribution in [0.2, 0.25) is 0 Å². The second-order valence-corrected chi connectivity index (χ2v) is 12.7. The second kappa shape index (κ2) is 7.10. The van der Waals surface area contributed by atoms with Crippen molar-refractivity contribution in [2.24, 2.45) is 0 Å². The zero-order valence-corrected chi connectivity index (χ0v) is 15.9. The molecular formula is C22H16F4Ti. The summed E-state index contributed by atoms with van der Waals surface area (Å²) in [6, 6.07) is 7.00. The van der Waals surface area contributed by atoms with Gasteiger partial charge in [-0.05, 0) is 0 Å². The molecule has 0 aromatic heterocycles. The molecule has 0 heterocycles. The second-order valence-electron chi connectivity index (χ2n) is 6.65. The van der Waals surface area contributed by atoms with E-state index < -0.39 is 39.9 Å². The van der Waals surface area contributed by atoms with Gasteiger partial charge in [-0.1, -0.05) is 0 Å². The van der Waals surface area contributed by atoms with Gasteiger partial charge in [0.1, 0.15) is 0 Å². The molecule has 0 fully saturated rings. The average molecular weight is 404 g/mol. The van der Waals surface area contributed by atoms with Crippen molar-refractivity contribution in [3.05, 3.63) is 104 Å². The van der Waals surface area contributed by atoms with Crippen LogP contribution < -0.4 is 7.74 Å². The van der Waals surface area contributed by atoms with Gasteiger partial charge in [-0.25, -0.2) is 0 Å². The third-order valence-electron chi connectivity index (χ3n) is 5.18. The number of rotatable bonds is 4. The summed E-state index contributed by atoms with van der Waals surface area (Å²) in [5.74, 6) is -2.72. The fourth-order valence-corrected chi connectivity index (χ4v) is 12.1. The quantitative estimate of drug-likeness (QED) is 0.495. The first kappa shape index (κ1) is 18.2. The Kier molecular flexibility index (Phi) is 4.79. The van der Waals surface area contributed by atoms with Crippen LogP contribution in [-0.2, 0) is 16.6 Å². The minimum absolute atomic E-state index is 0.340. The molecule has 0 unspecified atom stereocenters. The van der Waals surface area contributed by atoms with Gasteiger partial charge in [0.15, 0.2) is 0 Å². The van der Waals surface area contributed by atoms with Crippen LogP contribution in [0, 0.1) is 23.3 Å². The zero-order valence-electron chi connectivity index (χ0n) is 14.4. The molecule has 0 saturated carbocycles. The molecule has 0 saturated heterocycles. The molecule has 4 rings (SSSR count). The number of halogens is 4. The number of benzene rings is 2. The molecule has 2 aliphatic rings. The molecule has 0 nitrogen and oxygen atoms in total. The molecule has 2 aliphatic carbocycles. The van der Waals surface area contributed by atoms with Crippen LogP contribution in [0.4, 0.5) is 17.6 Å². The Morgan fingerprint density at radius 1 is 0.630 bits per heavy atom. The van der Waals surface area contributed by atoms with Crippen LogP contribution in [0.5, 0.6) is 0 Å². The van der Waals surface area contributed by atoms with Gasteiger partial charge in [-0.3, -0.25) is 0 Å². The average Bonchev–Trinajstić information content (AvgIpc) is 3.33. The molecule has 0 aliphatic heterocycles. The van der Waals surface area contributed by atoms with Gasteiger partial charge >= 0.3 is 159 Å². The van der Waals surface area contributed by atoms with Crippen LogP contribution in [0.1, 0.15) is 12.8 Å². The maximum absolute atomic E-state index is 15.1. The zero-order chi connectivity index (χ0) is 19.0. The van der Waals surface area contributed by atoms with E-state index in [-0.39, 0.29) is 0 Å². The van der Waals surface area contributed by atoms with Crippen molar-refractivity contribution in [3.8, 4) is 0 Å². The van der Waals surface area contributed by atoms with E-state index >= 15 is 8.78 Å². The molecule has 0 N–H and O–H groups in total. The number of hydrogen-bond donors (Lipinski definition) is 0. The molecule has 0 atom stereocenters. The molecule has 0 spiro atoms. The Balaban J connectivity index is 2.09. The molecule has 5 heteroatoms. The topological polar surface area (TPSA) is 0 Å². The fourth-order valence-electron chi connectivity index (χ4n) is 4.08. The van der Waals surface area contributed by atoms with Gasteiger partial charge in [-0.2, -0.15) is 0 Å². The Morgan fingerprint density at radius 2 is 1.07 bits per heavy atom. The van der Waals surface area contributed by atoms with Crippen molar-refractivity contribution in [2.75, 3.05) is 0 Å². The Hall–Kier alpha value is -2.17. The number of hydrogen-bond acceptors (Lipinski definition) is 0. The van der Waals surface area contributed by atoms with E-state index in [2.05, 4.69) is 0 Å². The van der Waals surface area contributed by atoms with Crippen LogP contribution >= 0.6 is 0 Å². The first-order valence-corrected chi connectivity index (χ1v) is 11.8. The van der Waals surface area contributed by atoms with Crippen LogP contribution in [0.25, 0.3) is 0 Å². The molecule has 27 heavy (non-hydrogen) atoms. The van der Waals surface area contributed by atoms with Crippen LogP contribution in [0.3, 0.4) is 0 Å². The van der Waals surface area contributed by atoms with Crippen molar-refractivity contribution in [3.63, 3.8) is 0 Å². The minimum atomic E-state index is -4.01. The third-order valence-corrected chi connectivity index (χ3v) is 13.1. The van der Waals surface area contributed by atoms with Gasteiger partial charge in [0.05, 0.1) is 0 Å². The Morgan fingerprint density at radius 3 is 1.41 bits per heavy atom. The first-order chi connectivity index (χ1) is 13.0. The molecule has 2 aromatic rings. The SMILES string of the molecule is Fc1cc[c]([Ti]([C]2=CC=CC2)([C]2=CC=CC2)[c]2ccc(F)cc2F)c(F)c1. The van der Waals surface area contributed by atoms with E-state index in [1.807, 2.05) is 36.5 Å². The summed E-state index contributed by atoms with van der Waals surface area (Å²) in [4.78, 5) is 0. The summed E-state index contributed by atoms with van der Waals surface area (Å²) < 4.78 is 60.0. The molecule has 2 aromatic carbocycles. The first-order valence-electron chi connectivity index (χ1n) is 8.67. The van der Waals surface area contributed by atoms with Crippen molar-refractivity contribution < 1.29 is 34.2 Å². The van der Waals surface area contributed by atoms with Crippen LogP contribution in [-0.4, -0.2) is 0 Å². The predicted molar refractivity (Wildman–Crippen MR) is 95.7 cm³/mol. The van der Waals surface area contributed by atoms with E-state index in [0.29, 0.717) is 20.6 Å². The fraction of sp³-hybridized carbons (Fsp3) is 0.0909. The van der Waals surface area contributed by atoms with Crippen molar-refractivity contribution in [1.82, 2.24) is 0 Å². The van der Waals surface area contributed by atoms with E-state index in [0.717, 1.165) is 19.9 Å². The van der Waals surface area contributed by atoms with Crippen molar-refractivity contribution in [2.45, 2.75) is 12.8 Å². The summed E-state index contributed by atoms with van der Waals surface area (Å²) in [6.45, 7) is 0. The Labute approximate surface area is 158 Å². The molecular weight excluding hydrogens is 388 g/mol. The Bertz CT molecular complexity index is 947. The maximum atomic E-state index is 15.1. The van der Waals surface area contributed by atoms with Gasteiger partial charge in [0.25, 0.3) is 0 Å². The summed E-state index contributed by atoms with van der Waals surface area (Å²) in [5, 5.41) is 0. The molecule has 0 radical (unpaired) electrons. The van der Waals surface area contributed by atoms with Gasteiger partial charge in [0, 0.05) is 0 Å². The van der Waals surface area contributed by atoms with Crippen molar-refractivity contribution in [1.29, 1.82) is 0 Å². The van der Waals surface area contributed by atoms with Crippen molar-refractivity contribution >= 4 is 7.74 Å².